The summed E-state index contributed by atoms with van der Waals surface area (Å²) in [7, 11) is -1.96. The van der Waals surface area contributed by atoms with Crippen LogP contribution in [0, 0.1) is 0 Å². The van der Waals surface area contributed by atoms with Gasteiger partial charge in [-0.05, 0) is 53.1 Å². The van der Waals surface area contributed by atoms with Crippen LogP contribution in [0.3, 0.4) is 0 Å². The molecule has 0 unspecified atom stereocenters. The van der Waals surface area contributed by atoms with E-state index in [1.807, 2.05) is 91.0 Å². The summed E-state index contributed by atoms with van der Waals surface area (Å²) in [6, 6.07) is 52.7. The standard InChI is InChI=1S/C56H57O16P/c1-61-38-66-56-51(65-35-41-25-13-5-14-26-41)47(64-34-40-23-11-4-12-24-40)46(36-63-33-39-21-9-3-10-22-39)72-73(56,60)67-37-45-48(69-52(57)42-27-15-6-16-28-42)49(70-53(58)43-29-17-7-18-30-43)50(55(62-2)68-45)71-54(59)44-31-19-8-20-32-44/h3-32,45-51,55-56H,33-38H2,1-2H3/t45-,46-,47-,48-,49+,50-,51+,55+,56+,73-/m1/s1. The van der Waals surface area contributed by atoms with Gasteiger partial charge >= 0.3 is 25.5 Å². The molecule has 0 aromatic heterocycles. The van der Waals surface area contributed by atoms with Crippen LogP contribution in [-0.4, -0.2) is 107 Å². The smallest absolute Gasteiger partial charge is 0.362 e. The number of benzene rings is 6. The van der Waals surface area contributed by atoms with Crippen molar-refractivity contribution in [2.45, 2.75) is 74.7 Å². The third kappa shape index (κ3) is 14.2. The van der Waals surface area contributed by atoms with Gasteiger partial charge in [0.15, 0.2) is 30.4 Å². The normalized spacial score (nSPS) is 24.8. The Hall–Kier alpha value is -6.40. The number of hydrogen-bond acceptors (Lipinski definition) is 16. The molecule has 6 aromatic rings. The molecule has 0 amide bonds. The lowest BCUT2D eigenvalue weighted by molar-refractivity contribution is -0.291. The first kappa shape index (κ1) is 52.9. The molecule has 0 N–H and O–H groups in total. The molecule has 16 nitrogen and oxygen atoms in total. The zero-order valence-corrected chi connectivity index (χ0v) is 41.1. The summed E-state index contributed by atoms with van der Waals surface area (Å²) < 4.78 is 91.0. The summed E-state index contributed by atoms with van der Waals surface area (Å²) in [5.41, 5.74) is 2.98. The first-order chi connectivity index (χ1) is 35.7. The van der Waals surface area contributed by atoms with E-state index < -0.39 is 87.0 Å². The Labute approximate surface area is 423 Å². The number of hydrogen-bond donors (Lipinski definition) is 0. The van der Waals surface area contributed by atoms with Crippen molar-refractivity contribution in [1.29, 1.82) is 0 Å². The molecular weight excluding hydrogens is 960 g/mol. The van der Waals surface area contributed by atoms with E-state index in [4.69, 9.17) is 56.4 Å². The van der Waals surface area contributed by atoms with Crippen molar-refractivity contribution < 1.29 is 75.4 Å². The highest BCUT2D eigenvalue weighted by Gasteiger charge is 2.58. The molecule has 17 heteroatoms. The first-order valence-electron chi connectivity index (χ1n) is 23.6. The second-order valence-electron chi connectivity index (χ2n) is 17.0. The summed E-state index contributed by atoms with van der Waals surface area (Å²) in [6.07, 6.45) is -11.0. The molecule has 2 aliphatic heterocycles. The van der Waals surface area contributed by atoms with E-state index in [0.29, 0.717) is 0 Å². The van der Waals surface area contributed by atoms with Crippen molar-refractivity contribution in [2.24, 2.45) is 0 Å². The van der Waals surface area contributed by atoms with Gasteiger partial charge in [0.2, 0.25) is 0 Å². The summed E-state index contributed by atoms with van der Waals surface area (Å²) in [5.74, 6) is -4.03. The molecule has 0 spiro atoms. The molecular formula is C56H57O16P. The number of carbonyl (C=O) groups excluding carboxylic acids is 3. The van der Waals surface area contributed by atoms with Gasteiger partial charge in [-0.25, -0.2) is 14.4 Å². The first-order valence-corrected chi connectivity index (χ1v) is 25.3. The van der Waals surface area contributed by atoms with Gasteiger partial charge in [-0.3, -0.25) is 9.09 Å². The fraction of sp³-hybridized carbons (Fsp3) is 0.304. The van der Waals surface area contributed by atoms with Crippen LogP contribution in [0.5, 0.6) is 0 Å². The van der Waals surface area contributed by atoms with Crippen LogP contribution in [0.4, 0.5) is 0 Å². The van der Waals surface area contributed by atoms with E-state index in [0.717, 1.165) is 16.7 Å². The molecule has 382 valence electrons. The molecule has 2 aliphatic rings. The van der Waals surface area contributed by atoms with Gasteiger partial charge in [0.25, 0.3) is 0 Å². The van der Waals surface area contributed by atoms with Crippen LogP contribution in [0.2, 0.25) is 0 Å². The summed E-state index contributed by atoms with van der Waals surface area (Å²) in [6.45, 7) is -0.857. The van der Waals surface area contributed by atoms with E-state index in [1.54, 1.807) is 66.7 Å². The number of methoxy groups -OCH3 is 2. The maximum Gasteiger partial charge on any atom is 0.362 e. The highest BCUT2D eigenvalue weighted by atomic mass is 31.2. The van der Waals surface area contributed by atoms with E-state index in [1.165, 1.54) is 38.5 Å². The Kier molecular flexibility index (Phi) is 19.2. The monoisotopic (exact) mass is 1020 g/mol. The molecule has 0 aliphatic carbocycles. The Bertz CT molecular complexity index is 2670. The summed E-state index contributed by atoms with van der Waals surface area (Å²) in [4.78, 5) is 42.0. The van der Waals surface area contributed by atoms with Crippen LogP contribution < -0.4 is 0 Å². The minimum atomic E-state index is -4.66. The molecule has 0 saturated carbocycles. The topological polar surface area (TPSA) is 179 Å². The zero-order chi connectivity index (χ0) is 50.8. The van der Waals surface area contributed by atoms with E-state index in [2.05, 4.69) is 0 Å². The molecule has 2 saturated heterocycles. The van der Waals surface area contributed by atoms with Gasteiger partial charge in [0, 0.05) is 14.2 Å². The molecule has 0 bridgehead atoms. The fourth-order valence-corrected chi connectivity index (χ4v) is 10.4. The third-order valence-corrected chi connectivity index (χ3v) is 14.0. The number of ether oxygens (including phenoxy) is 10. The lowest BCUT2D eigenvalue weighted by Gasteiger charge is -2.46. The third-order valence-electron chi connectivity index (χ3n) is 11.9. The fourth-order valence-electron chi connectivity index (χ4n) is 8.27. The van der Waals surface area contributed by atoms with Gasteiger partial charge in [0.1, 0.15) is 31.2 Å². The largest absolute Gasteiger partial charge is 0.452 e. The van der Waals surface area contributed by atoms with E-state index >= 15 is 4.57 Å². The average Bonchev–Trinajstić information content (AvgIpc) is 3.44. The van der Waals surface area contributed by atoms with Gasteiger partial charge in [-0.1, -0.05) is 146 Å². The van der Waals surface area contributed by atoms with Crippen LogP contribution >= 0.6 is 7.60 Å². The van der Waals surface area contributed by atoms with Gasteiger partial charge < -0.3 is 51.9 Å². The second-order valence-corrected chi connectivity index (χ2v) is 19.0. The van der Waals surface area contributed by atoms with Crippen molar-refractivity contribution in [2.75, 3.05) is 34.2 Å². The van der Waals surface area contributed by atoms with Crippen LogP contribution in [0.15, 0.2) is 182 Å². The highest BCUT2D eigenvalue weighted by molar-refractivity contribution is 7.54. The maximum absolute atomic E-state index is 15.9. The zero-order valence-electron chi connectivity index (χ0n) is 40.2. The molecule has 6 aromatic carbocycles. The van der Waals surface area contributed by atoms with Crippen molar-refractivity contribution in [3.8, 4) is 0 Å². The number of esters is 3. The minimum Gasteiger partial charge on any atom is -0.452 e. The van der Waals surface area contributed by atoms with Crippen molar-refractivity contribution in [3.63, 3.8) is 0 Å². The summed E-state index contributed by atoms with van der Waals surface area (Å²) >= 11 is 0. The van der Waals surface area contributed by atoms with Gasteiger partial charge in [0.05, 0.1) is 49.7 Å². The van der Waals surface area contributed by atoms with Crippen molar-refractivity contribution in [3.05, 3.63) is 215 Å². The van der Waals surface area contributed by atoms with Gasteiger partial charge in [-0.2, -0.15) is 0 Å². The van der Waals surface area contributed by atoms with Crippen molar-refractivity contribution >= 4 is 25.5 Å². The maximum atomic E-state index is 15.9. The SMILES string of the molecule is COCO[C@@H]1[C@@H](OCc2ccccc2)[C@H](OCc2ccccc2)[C@@H](COCc2ccccc2)O[P@]1(=O)OC[C@H]1O[C@H](OC)[C@H](OC(=O)c2ccccc2)[C@@H](OC(=O)c2ccccc2)[C@@H]1OC(=O)c1ccccc1. The summed E-state index contributed by atoms with van der Waals surface area (Å²) in [5, 5.41) is 0. The Morgan fingerprint density at radius 1 is 0.466 bits per heavy atom. The highest BCUT2D eigenvalue weighted by Crippen LogP contribution is 2.61. The number of carbonyl (C=O) groups is 3. The van der Waals surface area contributed by atoms with Crippen LogP contribution in [0.25, 0.3) is 0 Å². The lowest BCUT2D eigenvalue weighted by Crippen LogP contribution is -2.63. The van der Waals surface area contributed by atoms with E-state index in [-0.39, 0.29) is 49.9 Å². The van der Waals surface area contributed by atoms with Crippen LogP contribution in [0.1, 0.15) is 47.8 Å². The molecule has 2 fully saturated rings. The van der Waals surface area contributed by atoms with Crippen LogP contribution in [-0.2, 0) is 80.8 Å². The van der Waals surface area contributed by atoms with E-state index in [9.17, 15) is 14.4 Å². The Morgan fingerprint density at radius 2 is 0.890 bits per heavy atom. The minimum absolute atomic E-state index is 0.0391. The molecule has 8 rings (SSSR count). The molecule has 10 atom stereocenters. The molecule has 2 heterocycles. The Balaban J connectivity index is 1.16. The number of rotatable bonds is 23. The van der Waals surface area contributed by atoms with Gasteiger partial charge in [-0.15, -0.1) is 0 Å². The lowest BCUT2D eigenvalue weighted by atomic mass is 9.97. The predicted octanol–water partition coefficient (Wildman–Crippen LogP) is 8.98. The predicted molar refractivity (Wildman–Crippen MR) is 264 cm³/mol. The quantitative estimate of drug-likeness (QED) is 0.0257. The van der Waals surface area contributed by atoms with Crippen molar-refractivity contribution in [1.82, 2.24) is 0 Å². The molecule has 0 radical (unpaired) electrons. The molecule has 73 heavy (non-hydrogen) atoms. The Morgan fingerprint density at radius 3 is 1.36 bits per heavy atom. The second kappa shape index (κ2) is 26.5. The average molecular weight is 1020 g/mol.